The molecule has 0 radical (unpaired) electrons. The Balaban J connectivity index is 1.92. The maximum Gasteiger partial charge on any atom is 0.340 e. The molecule has 0 saturated carbocycles. The first-order valence-corrected chi connectivity index (χ1v) is 8.08. The molecule has 1 aromatic heterocycles. The van der Waals surface area contributed by atoms with E-state index in [1.165, 1.54) is 38.7 Å². The Morgan fingerprint density at radius 2 is 1.95 bits per heavy atom. The van der Waals surface area contributed by atoms with E-state index in [4.69, 9.17) is 4.74 Å². The minimum atomic E-state index is -0.205. The van der Waals surface area contributed by atoms with Crippen LogP contribution in [-0.4, -0.2) is 42.2 Å². The lowest BCUT2D eigenvalue weighted by molar-refractivity contribution is 0.0588. The number of para-hydroxylation sites is 1. The van der Waals surface area contributed by atoms with Gasteiger partial charge < -0.3 is 14.2 Å². The Kier molecular flexibility index (Phi) is 3.22. The summed E-state index contributed by atoms with van der Waals surface area (Å²) < 4.78 is 7.32. The minimum absolute atomic E-state index is 0.205. The van der Waals surface area contributed by atoms with E-state index in [1.54, 1.807) is 0 Å². The highest BCUT2D eigenvalue weighted by Crippen LogP contribution is 2.42. The number of carbonyl (C=O) groups is 1. The number of hydrogen-bond acceptors (Lipinski definition) is 3. The number of esters is 1. The predicted molar refractivity (Wildman–Crippen MR) is 86.2 cm³/mol. The number of benzene rings is 1. The van der Waals surface area contributed by atoms with Crippen molar-refractivity contribution in [3.63, 3.8) is 0 Å². The van der Waals surface area contributed by atoms with Crippen molar-refractivity contribution in [2.45, 2.75) is 18.8 Å². The van der Waals surface area contributed by atoms with Gasteiger partial charge in [-0.1, -0.05) is 18.2 Å². The summed E-state index contributed by atoms with van der Waals surface area (Å²) in [5.74, 6) is 0.925. The van der Waals surface area contributed by atoms with Gasteiger partial charge in [0.25, 0.3) is 0 Å². The van der Waals surface area contributed by atoms with Crippen molar-refractivity contribution in [2.75, 3.05) is 26.7 Å². The number of methoxy groups -OCH3 is 1. The molecule has 5 rings (SSSR count). The SMILES string of the molecule is COC(=O)c1c(C2CN3CCC2CC3)n(C)c2ccccc12. The van der Waals surface area contributed by atoms with Crippen LogP contribution >= 0.6 is 0 Å². The molecule has 116 valence electrons. The second kappa shape index (κ2) is 5.13. The molecule has 3 fully saturated rings. The summed E-state index contributed by atoms with van der Waals surface area (Å²) in [6.07, 6.45) is 2.49. The first kappa shape index (κ1) is 13.8. The number of fused-ring (bicyclic) bond motifs is 4. The van der Waals surface area contributed by atoms with Crippen molar-refractivity contribution in [3.8, 4) is 0 Å². The highest BCUT2D eigenvalue weighted by Gasteiger charge is 2.39. The third-order valence-corrected chi connectivity index (χ3v) is 5.55. The number of piperidine rings is 3. The lowest BCUT2D eigenvalue weighted by Crippen LogP contribution is -2.46. The van der Waals surface area contributed by atoms with Crippen LogP contribution in [-0.2, 0) is 11.8 Å². The Morgan fingerprint density at radius 1 is 1.23 bits per heavy atom. The average Bonchev–Trinajstić information content (AvgIpc) is 2.88. The normalized spacial score (nSPS) is 27.3. The molecule has 2 aromatic rings. The van der Waals surface area contributed by atoms with Gasteiger partial charge >= 0.3 is 5.97 Å². The van der Waals surface area contributed by atoms with Crippen molar-refractivity contribution in [1.82, 2.24) is 9.47 Å². The standard InChI is InChI=1S/C18H22N2O2/c1-19-15-6-4-3-5-13(15)16(18(21)22-2)17(19)14-11-20-9-7-12(14)8-10-20/h3-6,12,14H,7-11H2,1-2H3. The zero-order valence-corrected chi connectivity index (χ0v) is 13.2. The number of nitrogens with zero attached hydrogens (tertiary/aromatic N) is 2. The summed E-state index contributed by atoms with van der Waals surface area (Å²) in [5.41, 5.74) is 3.07. The number of hydrogen-bond donors (Lipinski definition) is 0. The fourth-order valence-electron chi connectivity index (χ4n) is 4.44. The van der Waals surface area contributed by atoms with Gasteiger partial charge in [-0.2, -0.15) is 0 Å². The molecule has 4 heteroatoms. The molecule has 1 unspecified atom stereocenters. The van der Waals surface area contributed by atoms with Crippen LogP contribution in [0.15, 0.2) is 24.3 Å². The topological polar surface area (TPSA) is 34.5 Å². The highest BCUT2D eigenvalue weighted by atomic mass is 16.5. The quantitative estimate of drug-likeness (QED) is 0.800. The molecule has 4 heterocycles. The summed E-state index contributed by atoms with van der Waals surface area (Å²) in [6, 6.07) is 8.15. The summed E-state index contributed by atoms with van der Waals surface area (Å²) in [4.78, 5) is 15.0. The Labute approximate surface area is 130 Å². The van der Waals surface area contributed by atoms with Crippen LogP contribution < -0.4 is 0 Å². The smallest absolute Gasteiger partial charge is 0.340 e. The molecule has 3 aliphatic rings. The lowest BCUT2D eigenvalue weighted by Gasteiger charge is -2.45. The minimum Gasteiger partial charge on any atom is -0.465 e. The molecule has 0 spiro atoms. The first-order valence-electron chi connectivity index (χ1n) is 8.08. The second-order valence-electron chi connectivity index (χ2n) is 6.57. The number of aromatic nitrogens is 1. The van der Waals surface area contributed by atoms with Gasteiger partial charge in [0.1, 0.15) is 0 Å². The third-order valence-electron chi connectivity index (χ3n) is 5.55. The Hall–Kier alpha value is -1.81. The summed E-state index contributed by atoms with van der Waals surface area (Å²) in [5, 5.41) is 1.02. The fraction of sp³-hybridized carbons (Fsp3) is 0.500. The molecule has 2 bridgehead atoms. The summed E-state index contributed by atoms with van der Waals surface area (Å²) in [7, 11) is 3.56. The number of rotatable bonds is 2. The zero-order chi connectivity index (χ0) is 15.3. The largest absolute Gasteiger partial charge is 0.465 e. The van der Waals surface area contributed by atoms with Gasteiger partial charge in [0.2, 0.25) is 0 Å². The monoisotopic (exact) mass is 298 g/mol. The predicted octanol–water partition coefficient (Wildman–Crippen LogP) is 2.77. The van der Waals surface area contributed by atoms with Crippen molar-refractivity contribution in [3.05, 3.63) is 35.5 Å². The summed E-state index contributed by atoms with van der Waals surface area (Å²) >= 11 is 0. The second-order valence-corrected chi connectivity index (χ2v) is 6.57. The number of aryl methyl sites for hydroxylation is 1. The van der Waals surface area contributed by atoms with Crippen LogP contribution in [0.4, 0.5) is 0 Å². The zero-order valence-electron chi connectivity index (χ0n) is 13.2. The van der Waals surface area contributed by atoms with Crippen LogP contribution in [0.2, 0.25) is 0 Å². The number of carbonyl (C=O) groups excluding carboxylic acids is 1. The van der Waals surface area contributed by atoms with Crippen molar-refractivity contribution in [1.29, 1.82) is 0 Å². The molecule has 3 aliphatic heterocycles. The van der Waals surface area contributed by atoms with Gasteiger partial charge in [-0.3, -0.25) is 0 Å². The first-order chi connectivity index (χ1) is 10.7. The Morgan fingerprint density at radius 3 is 2.59 bits per heavy atom. The summed E-state index contributed by atoms with van der Waals surface area (Å²) in [6.45, 7) is 3.48. The molecule has 1 aromatic carbocycles. The van der Waals surface area contributed by atoms with E-state index in [2.05, 4.69) is 22.6 Å². The van der Waals surface area contributed by atoms with Gasteiger partial charge in [-0.15, -0.1) is 0 Å². The fourth-order valence-corrected chi connectivity index (χ4v) is 4.44. The third kappa shape index (κ3) is 1.90. The van der Waals surface area contributed by atoms with E-state index in [1.807, 2.05) is 18.2 Å². The van der Waals surface area contributed by atoms with E-state index in [9.17, 15) is 4.79 Å². The highest BCUT2D eigenvalue weighted by molar-refractivity contribution is 6.06. The molecular weight excluding hydrogens is 276 g/mol. The van der Waals surface area contributed by atoms with Gasteiger partial charge in [0.15, 0.2) is 0 Å². The van der Waals surface area contributed by atoms with E-state index in [0.717, 1.165) is 23.0 Å². The van der Waals surface area contributed by atoms with Gasteiger partial charge in [0.05, 0.1) is 12.7 Å². The van der Waals surface area contributed by atoms with Crippen LogP contribution in [0.5, 0.6) is 0 Å². The van der Waals surface area contributed by atoms with E-state index in [0.29, 0.717) is 11.8 Å². The molecule has 22 heavy (non-hydrogen) atoms. The number of ether oxygens (including phenoxy) is 1. The lowest BCUT2D eigenvalue weighted by atomic mass is 9.76. The van der Waals surface area contributed by atoms with Crippen LogP contribution in [0, 0.1) is 5.92 Å². The molecule has 1 atom stereocenters. The van der Waals surface area contributed by atoms with Crippen LogP contribution in [0.1, 0.15) is 34.8 Å². The van der Waals surface area contributed by atoms with Gasteiger partial charge in [-0.05, 0) is 37.9 Å². The molecule has 0 amide bonds. The van der Waals surface area contributed by atoms with E-state index in [-0.39, 0.29) is 5.97 Å². The molecule has 0 N–H and O–H groups in total. The van der Waals surface area contributed by atoms with Gasteiger partial charge in [-0.25, -0.2) is 4.79 Å². The molecule has 3 saturated heterocycles. The van der Waals surface area contributed by atoms with Crippen LogP contribution in [0.3, 0.4) is 0 Å². The van der Waals surface area contributed by atoms with Crippen molar-refractivity contribution >= 4 is 16.9 Å². The van der Waals surface area contributed by atoms with Crippen molar-refractivity contribution in [2.24, 2.45) is 13.0 Å². The van der Waals surface area contributed by atoms with Crippen molar-refractivity contribution < 1.29 is 9.53 Å². The molecule has 4 nitrogen and oxygen atoms in total. The van der Waals surface area contributed by atoms with E-state index < -0.39 is 0 Å². The van der Waals surface area contributed by atoms with E-state index >= 15 is 0 Å². The van der Waals surface area contributed by atoms with Gasteiger partial charge in [0, 0.05) is 36.1 Å². The van der Waals surface area contributed by atoms with Crippen LogP contribution in [0.25, 0.3) is 10.9 Å². The molecular formula is C18H22N2O2. The maximum atomic E-state index is 12.5. The average molecular weight is 298 g/mol. The maximum absolute atomic E-state index is 12.5. The Bertz CT molecular complexity index is 726. The molecule has 0 aliphatic carbocycles.